The van der Waals surface area contributed by atoms with Crippen molar-refractivity contribution < 1.29 is 5.11 Å². The van der Waals surface area contributed by atoms with Gasteiger partial charge < -0.3 is 10.8 Å². The fourth-order valence-corrected chi connectivity index (χ4v) is 1.87. The average molecular weight is 221 g/mol. The fourth-order valence-electron chi connectivity index (χ4n) is 1.87. The molecule has 1 atom stereocenters. The normalized spacial score (nSPS) is 15.1. The molecule has 0 bridgehead atoms. The van der Waals surface area contributed by atoms with Crippen LogP contribution in [0.1, 0.15) is 38.3 Å². The Balaban J connectivity index is 2.78. The summed E-state index contributed by atoms with van der Waals surface area (Å²) in [5, 5.41) is 8.96. The summed E-state index contributed by atoms with van der Waals surface area (Å²) in [6.07, 6.45) is 1.69. The summed E-state index contributed by atoms with van der Waals surface area (Å²) >= 11 is 0. The zero-order chi connectivity index (χ0) is 12.2. The van der Waals surface area contributed by atoms with Crippen LogP contribution in [0.5, 0.6) is 0 Å². The molecule has 16 heavy (non-hydrogen) atoms. The van der Waals surface area contributed by atoms with Crippen molar-refractivity contribution in [2.75, 3.05) is 6.61 Å². The number of hydrogen-bond donors (Lipinski definition) is 2. The third-order valence-corrected chi connectivity index (χ3v) is 2.89. The summed E-state index contributed by atoms with van der Waals surface area (Å²) in [4.78, 5) is 0. The summed E-state index contributed by atoms with van der Waals surface area (Å²) in [6.45, 7) is 6.51. The van der Waals surface area contributed by atoms with Crippen molar-refractivity contribution >= 4 is 0 Å². The van der Waals surface area contributed by atoms with Crippen LogP contribution in [-0.2, 0) is 12.0 Å². The summed E-state index contributed by atoms with van der Waals surface area (Å²) in [7, 11) is 0. The molecule has 2 nitrogen and oxygen atoms in total. The molecule has 2 heteroatoms. The standard InChI is InChI=1S/C14H23NO/c1-11(2)10-12-4-6-13(7-5-12)14(3,15)8-9-16/h4-7,11,16H,8-10,15H2,1-3H3. The molecule has 0 aliphatic rings. The van der Waals surface area contributed by atoms with Crippen molar-refractivity contribution in [2.45, 2.75) is 39.2 Å². The van der Waals surface area contributed by atoms with E-state index in [9.17, 15) is 0 Å². The summed E-state index contributed by atoms with van der Waals surface area (Å²) in [6, 6.07) is 8.43. The predicted molar refractivity (Wildman–Crippen MR) is 68.2 cm³/mol. The van der Waals surface area contributed by atoms with Crippen LogP contribution in [0.2, 0.25) is 0 Å². The van der Waals surface area contributed by atoms with E-state index in [2.05, 4.69) is 38.1 Å². The number of rotatable bonds is 5. The zero-order valence-electron chi connectivity index (χ0n) is 10.5. The predicted octanol–water partition coefficient (Wildman–Crippen LogP) is 2.44. The van der Waals surface area contributed by atoms with Gasteiger partial charge in [0.1, 0.15) is 0 Å². The van der Waals surface area contributed by atoms with Crippen LogP contribution in [0.4, 0.5) is 0 Å². The highest BCUT2D eigenvalue weighted by molar-refractivity contribution is 5.28. The molecule has 1 rings (SSSR count). The third-order valence-electron chi connectivity index (χ3n) is 2.89. The maximum Gasteiger partial charge on any atom is 0.0451 e. The van der Waals surface area contributed by atoms with Gasteiger partial charge in [-0.2, -0.15) is 0 Å². The molecule has 0 spiro atoms. The van der Waals surface area contributed by atoms with E-state index in [-0.39, 0.29) is 6.61 Å². The molecule has 0 aliphatic heterocycles. The molecule has 0 saturated heterocycles. The smallest absolute Gasteiger partial charge is 0.0451 e. The summed E-state index contributed by atoms with van der Waals surface area (Å²) in [5.41, 5.74) is 8.15. The van der Waals surface area contributed by atoms with Gasteiger partial charge in [-0.1, -0.05) is 38.1 Å². The molecular formula is C14H23NO. The first-order chi connectivity index (χ1) is 7.45. The molecule has 0 fully saturated rings. The topological polar surface area (TPSA) is 46.2 Å². The van der Waals surface area contributed by atoms with Crippen LogP contribution in [0, 0.1) is 5.92 Å². The van der Waals surface area contributed by atoms with Crippen molar-refractivity contribution in [1.29, 1.82) is 0 Å². The van der Waals surface area contributed by atoms with Gasteiger partial charge in [0.05, 0.1) is 0 Å². The second-order valence-electron chi connectivity index (χ2n) is 5.19. The lowest BCUT2D eigenvalue weighted by atomic mass is 9.89. The molecule has 3 N–H and O–H groups in total. The first-order valence-corrected chi connectivity index (χ1v) is 5.95. The van der Waals surface area contributed by atoms with Gasteiger partial charge >= 0.3 is 0 Å². The monoisotopic (exact) mass is 221 g/mol. The first kappa shape index (κ1) is 13.2. The second kappa shape index (κ2) is 5.46. The summed E-state index contributed by atoms with van der Waals surface area (Å²) in [5.74, 6) is 0.674. The molecule has 0 heterocycles. The Morgan fingerprint density at radius 2 is 1.81 bits per heavy atom. The minimum Gasteiger partial charge on any atom is -0.396 e. The van der Waals surface area contributed by atoms with Gasteiger partial charge in [-0.3, -0.25) is 0 Å². The number of benzene rings is 1. The Morgan fingerprint density at radius 1 is 1.25 bits per heavy atom. The van der Waals surface area contributed by atoms with Gasteiger partial charge in [0.15, 0.2) is 0 Å². The van der Waals surface area contributed by atoms with Crippen LogP contribution in [0.25, 0.3) is 0 Å². The Hall–Kier alpha value is -0.860. The maximum absolute atomic E-state index is 8.96. The highest BCUT2D eigenvalue weighted by atomic mass is 16.3. The van der Waals surface area contributed by atoms with Crippen LogP contribution < -0.4 is 5.73 Å². The highest BCUT2D eigenvalue weighted by Gasteiger charge is 2.19. The highest BCUT2D eigenvalue weighted by Crippen LogP contribution is 2.22. The molecule has 0 aromatic heterocycles. The molecular weight excluding hydrogens is 198 g/mol. The Kier molecular flexibility index (Phi) is 4.51. The summed E-state index contributed by atoms with van der Waals surface area (Å²) < 4.78 is 0. The lowest BCUT2D eigenvalue weighted by Crippen LogP contribution is -2.33. The van der Waals surface area contributed by atoms with Crippen molar-refractivity contribution in [3.63, 3.8) is 0 Å². The van der Waals surface area contributed by atoms with Crippen molar-refractivity contribution in [3.8, 4) is 0 Å². The van der Waals surface area contributed by atoms with Gasteiger partial charge in [0.2, 0.25) is 0 Å². The second-order valence-corrected chi connectivity index (χ2v) is 5.19. The van der Waals surface area contributed by atoms with Gasteiger partial charge in [-0.25, -0.2) is 0 Å². The quantitative estimate of drug-likeness (QED) is 0.802. The maximum atomic E-state index is 8.96. The molecule has 0 amide bonds. The minimum atomic E-state index is -0.425. The van der Waals surface area contributed by atoms with E-state index < -0.39 is 5.54 Å². The van der Waals surface area contributed by atoms with E-state index in [1.54, 1.807) is 0 Å². The molecule has 1 aromatic carbocycles. The Morgan fingerprint density at radius 3 is 2.25 bits per heavy atom. The minimum absolute atomic E-state index is 0.126. The van der Waals surface area contributed by atoms with E-state index in [0.29, 0.717) is 12.3 Å². The third kappa shape index (κ3) is 3.62. The van der Waals surface area contributed by atoms with E-state index >= 15 is 0 Å². The van der Waals surface area contributed by atoms with E-state index in [0.717, 1.165) is 12.0 Å². The van der Waals surface area contributed by atoms with Gasteiger partial charge in [-0.05, 0) is 36.8 Å². The molecule has 90 valence electrons. The van der Waals surface area contributed by atoms with Crippen molar-refractivity contribution in [1.82, 2.24) is 0 Å². The van der Waals surface area contributed by atoms with Crippen molar-refractivity contribution in [2.24, 2.45) is 11.7 Å². The number of aliphatic hydroxyl groups is 1. The molecule has 1 aromatic rings. The Labute approximate surface area is 98.5 Å². The molecule has 0 radical (unpaired) electrons. The van der Waals surface area contributed by atoms with Crippen LogP contribution in [-0.4, -0.2) is 11.7 Å². The first-order valence-electron chi connectivity index (χ1n) is 5.95. The van der Waals surface area contributed by atoms with E-state index in [1.807, 2.05) is 6.92 Å². The lowest BCUT2D eigenvalue weighted by molar-refractivity contribution is 0.247. The molecule has 0 aliphatic carbocycles. The SMILES string of the molecule is CC(C)Cc1ccc(C(C)(N)CCO)cc1. The van der Waals surface area contributed by atoms with Gasteiger partial charge in [0, 0.05) is 12.1 Å². The van der Waals surface area contributed by atoms with Crippen LogP contribution in [0.15, 0.2) is 24.3 Å². The Bertz CT molecular complexity index is 314. The van der Waals surface area contributed by atoms with Gasteiger partial charge in [0.25, 0.3) is 0 Å². The molecule has 0 saturated carbocycles. The average Bonchev–Trinajstić information content (AvgIpc) is 2.17. The largest absolute Gasteiger partial charge is 0.396 e. The zero-order valence-corrected chi connectivity index (χ0v) is 10.5. The van der Waals surface area contributed by atoms with Crippen LogP contribution in [0.3, 0.4) is 0 Å². The molecule has 1 unspecified atom stereocenters. The van der Waals surface area contributed by atoms with E-state index in [1.165, 1.54) is 5.56 Å². The number of aliphatic hydroxyl groups excluding tert-OH is 1. The van der Waals surface area contributed by atoms with Crippen LogP contribution >= 0.6 is 0 Å². The van der Waals surface area contributed by atoms with E-state index in [4.69, 9.17) is 10.8 Å². The van der Waals surface area contributed by atoms with Gasteiger partial charge in [-0.15, -0.1) is 0 Å². The fraction of sp³-hybridized carbons (Fsp3) is 0.571. The lowest BCUT2D eigenvalue weighted by Gasteiger charge is -2.24. The number of nitrogens with two attached hydrogens (primary N) is 1. The number of hydrogen-bond acceptors (Lipinski definition) is 2. The van der Waals surface area contributed by atoms with Crippen molar-refractivity contribution in [3.05, 3.63) is 35.4 Å².